The minimum absolute atomic E-state index is 0.0245. The van der Waals surface area contributed by atoms with Crippen LogP contribution in [0.4, 0.5) is 0 Å². The van der Waals surface area contributed by atoms with Crippen LogP contribution in [-0.4, -0.2) is 16.7 Å². The van der Waals surface area contributed by atoms with E-state index in [1.807, 2.05) is 74.5 Å². The van der Waals surface area contributed by atoms with Gasteiger partial charge < -0.3 is 5.11 Å². The molecule has 0 heterocycles. The SMILES string of the molecule is CC(C)(C)C1=CC2=CC(C(C)(C)C)C(=O)c3c(O)c(C(C)(C)C)cc(c32)C1=O. The molecule has 0 fully saturated rings. The van der Waals surface area contributed by atoms with Crippen LogP contribution in [0.25, 0.3) is 5.57 Å². The lowest BCUT2D eigenvalue weighted by molar-refractivity contribution is 0.0864. The number of phenols is 1. The van der Waals surface area contributed by atoms with Crippen LogP contribution in [0.15, 0.2) is 23.8 Å². The molecule has 3 heteroatoms. The van der Waals surface area contributed by atoms with Crippen molar-refractivity contribution in [2.45, 2.75) is 67.7 Å². The maximum atomic E-state index is 13.4. The zero-order valence-electron chi connectivity index (χ0n) is 18.6. The number of hydrogen-bond acceptors (Lipinski definition) is 3. The average Bonchev–Trinajstić information content (AvgIpc) is 2.49. The van der Waals surface area contributed by atoms with Crippen molar-refractivity contribution in [3.8, 4) is 5.75 Å². The van der Waals surface area contributed by atoms with Gasteiger partial charge in [-0.1, -0.05) is 68.4 Å². The molecule has 0 aliphatic heterocycles. The summed E-state index contributed by atoms with van der Waals surface area (Å²) in [5, 5.41) is 11.1. The molecule has 2 aliphatic rings. The molecule has 28 heavy (non-hydrogen) atoms. The number of allylic oxidation sites excluding steroid dienone is 4. The molecule has 1 aromatic carbocycles. The van der Waals surface area contributed by atoms with E-state index in [-0.39, 0.29) is 34.1 Å². The minimum Gasteiger partial charge on any atom is -0.507 e. The van der Waals surface area contributed by atoms with Gasteiger partial charge in [-0.05, 0) is 34.0 Å². The molecule has 1 unspecified atom stereocenters. The van der Waals surface area contributed by atoms with Gasteiger partial charge >= 0.3 is 0 Å². The van der Waals surface area contributed by atoms with Crippen molar-refractivity contribution in [3.05, 3.63) is 46.0 Å². The third kappa shape index (κ3) is 3.05. The largest absolute Gasteiger partial charge is 0.507 e. The summed E-state index contributed by atoms with van der Waals surface area (Å²) in [6, 6.07) is 1.80. The standard InChI is InChI=1S/C25H32O3/c1-23(2,3)15-10-13-11-16(24(4,5)6)21(27)19-18(13)14(20(15)26)12-17(22(19)28)25(7,8)9/h10-12,16,28H,1-9H3. The van der Waals surface area contributed by atoms with Crippen LogP contribution in [0.2, 0.25) is 0 Å². The van der Waals surface area contributed by atoms with Crippen molar-refractivity contribution in [3.63, 3.8) is 0 Å². The summed E-state index contributed by atoms with van der Waals surface area (Å²) in [6.07, 6.45) is 3.91. The first kappa shape index (κ1) is 20.6. The van der Waals surface area contributed by atoms with Crippen molar-refractivity contribution < 1.29 is 14.7 Å². The molecule has 0 saturated carbocycles. The molecule has 3 nitrogen and oxygen atoms in total. The van der Waals surface area contributed by atoms with E-state index < -0.39 is 5.41 Å². The number of phenolic OH excluding ortho intramolecular Hbond substituents is 1. The van der Waals surface area contributed by atoms with Gasteiger partial charge in [-0.3, -0.25) is 9.59 Å². The number of aromatic hydroxyl groups is 1. The summed E-state index contributed by atoms with van der Waals surface area (Å²) < 4.78 is 0. The Hall–Kier alpha value is -2.16. The predicted octanol–water partition coefficient (Wildman–Crippen LogP) is 6.10. The topological polar surface area (TPSA) is 54.4 Å². The van der Waals surface area contributed by atoms with Gasteiger partial charge in [0.1, 0.15) is 5.75 Å². The Morgan fingerprint density at radius 3 is 1.89 bits per heavy atom. The molecular weight excluding hydrogens is 348 g/mol. The molecule has 0 aromatic heterocycles. The highest BCUT2D eigenvalue weighted by Crippen LogP contribution is 2.50. The van der Waals surface area contributed by atoms with E-state index >= 15 is 0 Å². The molecule has 0 amide bonds. The molecule has 2 aliphatic carbocycles. The maximum Gasteiger partial charge on any atom is 0.190 e. The highest BCUT2D eigenvalue weighted by molar-refractivity contribution is 6.22. The second-order valence-electron chi connectivity index (χ2n) is 11.3. The summed E-state index contributed by atoms with van der Waals surface area (Å²) in [5.74, 6) is -0.476. The summed E-state index contributed by atoms with van der Waals surface area (Å²) in [7, 11) is 0. The van der Waals surface area contributed by atoms with Crippen LogP contribution < -0.4 is 0 Å². The number of benzene rings is 1. The van der Waals surface area contributed by atoms with E-state index in [9.17, 15) is 14.7 Å². The van der Waals surface area contributed by atoms with Crippen LogP contribution in [-0.2, 0) is 5.41 Å². The van der Waals surface area contributed by atoms with Crippen molar-refractivity contribution in [1.82, 2.24) is 0 Å². The van der Waals surface area contributed by atoms with Gasteiger partial charge in [-0.25, -0.2) is 0 Å². The predicted molar refractivity (Wildman–Crippen MR) is 114 cm³/mol. The van der Waals surface area contributed by atoms with E-state index in [0.717, 1.165) is 11.1 Å². The third-order valence-corrected chi connectivity index (χ3v) is 5.80. The number of carbonyl (C=O) groups excluding carboxylic acids is 2. The third-order valence-electron chi connectivity index (χ3n) is 5.80. The van der Waals surface area contributed by atoms with Gasteiger partial charge in [-0.2, -0.15) is 0 Å². The Bertz CT molecular complexity index is 951. The minimum atomic E-state index is -0.391. The zero-order valence-corrected chi connectivity index (χ0v) is 18.6. The second-order valence-corrected chi connectivity index (χ2v) is 11.3. The lowest BCUT2D eigenvalue weighted by Gasteiger charge is -2.37. The fourth-order valence-corrected chi connectivity index (χ4v) is 4.14. The molecule has 0 saturated heterocycles. The van der Waals surface area contributed by atoms with Crippen molar-refractivity contribution in [2.75, 3.05) is 0 Å². The van der Waals surface area contributed by atoms with Crippen molar-refractivity contribution >= 4 is 17.1 Å². The quantitative estimate of drug-likeness (QED) is 0.591. The summed E-state index contributed by atoms with van der Waals surface area (Å²) >= 11 is 0. The van der Waals surface area contributed by atoms with Crippen molar-refractivity contribution in [2.24, 2.45) is 16.7 Å². The fourth-order valence-electron chi connectivity index (χ4n) is 4.14. The van der Waals surface area contributed by atoms with Crippen LogP contribution in [0.3, 0.4) is 0 Å². The first-order valence-electron chi connectivity index (χ1n) is 9.99. The monoisotopic (exact) mass is 380 g/mol. The lowest BCUT2D eigenvalue weighted by atomic mass is 9.65. The summed E-state index contributed by atoms with van der Waals surface area (Å²) in [6.45, 7) is 18.2. The van der Waals surface area contributed by atoms with E-state index in [4.69, 9.17) is 0 Å². The Kier molecular flexibility index (Phi) is 4.35. The lowest BCUT2D eigenvalue weighted by Crippen LogP contribution is -2.33. The molecule has 1 aromatic rings. The van der Waals surface area contributed by atoms with Gasteiger partial charge in [0.25, 0.3) is 0 Å². The van der Waals surface area contributed by atoms with Gasteiger partial charge in [0.15, 0.2) is 11.6 Å². The van der Waals surface area contributed by atoms with E-state index in [1.54, 1.807) is 6.07 Å². The molecule has 150 valence electrons. The Labute approximate surface area is 168 Å². The number of ketones is 2. The van der Waals surface area contributed by atoms with Gasteiger partial charge in [0, 0.05) is 28.2 Å². The summed E-state index contributed by atoms with van der Waals surface area (Å²) in [5.41, 5.74) is 2.74. The van der Waals surface area contributed by atoms with E-state index in [2.05, 4.69) is 0 Å². The highest BCUT2D eigenvalue weighted by Gasteiger charge is 2.43. The number of Topliss-reactive ketones (excluding diaryl/α,β-unsaturated/α-hetero) is 2. The Morgan fingerprint density at radius 2 is 1.43 bits per heavy atom. The molecule has 3 rings (SSSR count). The first-order valence-corrected chi connectivity index (χ1v) is 9.99. The van der Waals surface area contributed by atoms with E-state index in [1.165, 1.54) is 0 Å². The number of hydrogen-bond donors (Lipinski definition) is 1. The van der Waals surface area contributed by atoms with Gasteiger partial charge in [-0.15, -0.1) is 0 Å². The maximum absolute atomic E-state index is 13.4. The average molecular weight is 381 g/mol. The molecule has 0 radical (unpaired) electrons. The highest BCUT2D eigenvalue weighted by atomic mass is 16.3. The Balaban J connectivity index is 2.45. The van der Waals surface area contributed by atoms with Crippen LogP contribution in [0, 0.1) is 16.7 Å². The molecule has 1 N–H and O–H groups in total. The van der Waals surface area contributed by atoms with Gasteiger partial charge in [0.2, 0.25) is 0 Å². The first-order chi connectivity index (χ1) is 12.5. The Morgan fingerprint density at radius 1 is 0.857 bits per heavy atom. The van der Waals surface area contributed by atoms with Crippen LogP contribution >= 0.6 is 0 Å². The molecule has 1 atom stereocenters. The second kappa shape index (κ2) is 5.92. The zero-order chi connectivity index (χ0) is 21.4. The van der Waals surface area contributed by atoms with Gasteiger partial charge in [0.05, 0.1) is 5.56 Å². The summed E-state index contributed by atoms with van der Waals surface area (Å²) in [4.78, 5) is 26.8. The fraction of sp³-hybridized carbons (Fsp3) is 0.520. The number of carbonyl (C=O) groups is 2. The van der Waals surface area contributed by atoms with Crippen LogP contribution in [0.5, 0.6) is 5.75 Å². The van der Waals surface area contributed by atoms with Crippen molar-refractivity contribution in [1.29, 1.82) is 0 Å². The van der Waals surface area contributed by atoms with Crippen LogP contribution in [0.1, 0.15) is 94.2 Å². The molecule has 0 bridgehead atoms. The molecular formula is C25H32O3. The smallest absolute Gasteiger partial charge is 0.190 e. The molecule has 0 spiro atoms. The number of rotatable bonds is 0. The normalized spacial score (nSPS) is 20.0. The van der Waals surface area contributed by atoms with E-state index in [0.29, 0.717) is 22.3 Å².